The quantitative estimate of drug-likeness (QED) is 0.637. The first-order valence-corrected chi connectivity index (χ1v) is 5.04. The second kappa shape index (κ2) is 6.58. The highest BCUT2D eigenvalue weighted by Gasteiger charge is 2.00. The Hall–Kier alpha value is -1.87. The van der Waals surface area contributed by atoms with Gasteiger partial charge in [-0.25, -0.2) is 0 Å². The highest BCUT2D eigenvalue weighted by molar-refractivity contribution is 5.77. The van der Waals surface area contributed by atoms with Crippen molar-refractivity contribution in [1.82, 2.24) is 20.4 Å². The van der Waals surface area contributed by atoms with Gasteiger partial charge in [0.2, 0.25) is 5.91 Å². The Labute approximate surface area is 94.2 Å². The molecule has 1 aromatic rings. The first-order valence-electron chi connectivity index (χ1n) is 5.04. The fourth-order valence-electron chi connectivity index (χ4n) is 1.20. The Balaban J connectivity index is 2.11. The van der Waals surface area contributed by atoms with E-state index in [-0.39, 0.29) is 12.5 Å². The van der Waals surface area contributed by atoms with Gasteiger partial charge in [-0.15, -0.1) is 0 Å². The number of amides is 1. The Morgan fingerprint density at radius 1 is 1.69 bits per heavy atom. The SMILES string of the molecule is Cn1cc(CNCC(=O)NCCC#N)cn1. The van der Waals surface area contributed by atoms with E-state index in [1.54, 1.807) is 10.9 Å². The summed E-state index contributed by atoms with van der Waals surface area (Å²) in [5.41, 5.74) is 1.03. The van der Waals surface area contributed by atoms with Gasteiger partial charge in [0, 0.05) is 31.9 Å². The Bertz CT molecular complexity index is 379. The van der Waals surface area contributed by atoms with Crippen LogP contribution in [0.5, 0.6) is 0 Å². The van der Waals surface area contributed by atoms with E-state index >= 15 is 0 Å². The minimum absolute atomic E-state index is 0.0980. The molecule has 6 heteroatoms. The van der Waals surface area contributed by atoms with Crippen molar-refractivity contribution in [3.8, 4) is 6.07 Å². The molecule has 0 bridgehead atoms. The van der Waals surface area contributed by atoms with Crippen LogP contribution in [-0.4, -0.2) is 28.8 Å². The van der Waals surface area contributed by atoms with E-state index in [0.717, 1.165) is 5.56 Å². The summed E-state index contributed by atoms with van der Waals surface area (Å²) in [6.45, 7) is 1.27. The van der Waals surface area contributed by atoms with Crippen molar-refractivity contribution in [3.63, 3.8) is 0 Å². The van der Waals surface area contributed by atoms with Gasteiger partial charge in [-0.1, -0.05) is 0 Å². The molecule has 0 aromatic carbocycles. The molecule has 1 rings (SSSR count). The number of aryl methyl sites for hydroxylation is 1. The summed E-state index contributed by atoms with van der Waals surface area (Å²) in [5.74, 6) is -0.0980. The van der Waals surface area contributed by atoms with Crippen LogP contribution in [0, 0.1) is 11.3 Å². The van der Waals surface area contributed by atoms with Gasteiger partial charge in [0.05, 0.1) is 25.2 Å². The van der Waals surface area contributed by atoms with Gasteiger partial charge < -0.3 is 10.6 Å². The van der Waals surface area contributed by atoms with Crippen molar-refractivity contribution in [2.24, 2.45) is 7.05 Å². The van der Waals surface area contributed by atoms with Crippen LogP contribution < -0.4 is 10.6 Å². The van der Waals surface area contributed by atoms with E-state index in [2.05, 4.69) is 15.7 Å². The van der Waals surface area contributed by atoms with Gasteiger partial charge in [0.15, 0.2) is 0 Å². The second-order valence-electron chi connectivity index (χ2n) is 3.38. The maximum absolute atomic E-state index is 11.2. The van der Waals surface area contributed by atoms with Crippen molar-refractivity contribution < 1.29 is 4.79 Å². The third kappa shape index (κ3) is 4.57. The average molecular weight is 221 g/mol. The summed E-state index contributed by atoms with van der Waals surface area (Å²) in [5, 5.41) is 17.9. The second-order valence-corrected chi connectivity index (χ2v) is 3.38. The van der Waals surface area contributed by atoms with Crippen LogP contribution in [-0.2, 0) is 18.4 Å². The molecule has 0 fully saturated rings. The Morgan fingerprint density at radius 2 is 2.50 bits per heavy atom. The maximum atomic E-state index is 11.2. The van der Waals surface area contributed by atoms with E-state index in [1.807, 2.05) is 19.3 Å². The zero-order valence-electron chi connectivity index (χ0n) is 9.23. The van der Waals surface area contributed by atoms with E-state index in [4.69, 9.17) is 5.26 Å². The topological polar surface area (TPSA) is 82.7 Å². The van der Waals surface area contributed by atoms with Crippen molar-refractivity contribution in [3.05, 3.63) is 18.0 Å². The molecule has 0 aliphatic carbocycles. The highest BCUT2D eigenvalue weighted by atomic mass is 16.1. The number of nitriles is 1. The minimum Gasteiger partial charge on any atom is -0.354 e. The van der Waals surface area contributed by atoms with Crippen LogP contribution >= 0.6 is 0 Å². The normalized spacial score (nSPS) is 9.75. The molecule has 1 amide bonds. The molecule has 0 aliphatic rings. The number of nitrogens with one attached hydrogen (secondary N) is 2. The number of aromatic nitrogens is 2. The van der Waals surface area contributed by atoms with Crippen LogP contribution in [0.15, 0.2) is 12.4 Å². The number of hydrogen-bond donors (Lipinski definition) is 2. The minimum atomic E-state index is -0.0980. The van der Waals surface area contributed by atoms with Crippen LogP contribution in [0.4, 0.5) is 0 Å². The van der Waals surface area contributed by atoms with E-state index < -0.39 is 0 Å². The van der Waals surface area contributed by atoms with Crippen molar-refractivity contribution in [2.75, 3.05) is 13.1 Å². The molecule has 0 unspecified atom stereocenters. The molecular formula is C10H15N5O. The van der Waals surface area contributed by atoms with E-state index in [1.165, 1.54) is 0 Å². The smallest absolute Gasteiger partial charge is 0.234 e. The molecule has 0 saturated carbocycles. The standard InChI is InChI=1S/C10H15N5O/c1-15-8-9(6-14-15)5-12-7-10(16)13-4-2-3-11/h6,8,12H,2,4-5,7H2,1H3,(H,13,16). The van der Waals surface area contributed by atoms with Gasteiger partial charge in [0.1, 0.15) is 0 Å². The Kier molecular flexibility index (Phi) is 5.02. The number of carbonyl (C=O) groups is 1. The summed E-state index contributed by atoms with van der Waals surface area (Å²) in [4.78, 5) is 11.2. The molecule has 0 radical (unpaired) electrons. The molecule has 6 nitrogen and oxygen atoms in total. The van der Waals surface area contributed by atoms with Crippen LogP contribution in [0.25, 0.3) is 0 Å². The van der Waals surface area contributed by atoms with Crippen molar-refractivity contribution >= 4 is 5.91 Å². The average Bonchev–Trinajstić information content (AvgIpc) is 2.65. The fourth-order valence-corrected chi connectivity index (χ4v) is 1.20. The maximum Gasteiger partial charge on any atom is 0.234 e. The predicted octanol–water partition coefficient (Wildman–Crippen LogP) is -0.460. The monoisotopic (exact) mass is 221 g/mol. The van der Waals surface area contributed by atoms with Gasteiger partial charge in [0.25, 0.3) is 0 Å². The molecule has 0 spiro atoms. The molecule has 86 valence electrons. The summed E-state index contributed by atoms with van der Waals surface area (Å²) in [6, 6.07) is 1.96. The summed E-state index contributed by atoms with van der Waals surface area (Å²) >= 11 is 0. The van der Waals surface area contributed by atoms with Crippen LogP contribution in [0.1, 0.15) is 12.0 Å². The summed E-state index contributed by atoms with van der Waals surface area (Å²) in [7, 11) is 1.85. The van der Waals surface area contributed by atoms with Crippen molar-refractivity contribution in [1.29, 1.82) is 5.26 Å². The summed E-state index contributed by atoms with van der Waals surface area (Å²) < 4.78 is 1.71. The van der Waals surface area contributed by atoms with Crippen LogP contribution in [0.2, 0.25) is 0 Å². The van der Waals surface area contributed by atoms with Gasteiger partial charge in [-0.3, -0.25) is 9.48 Å². The lowest BCUT2D eigenvalue weighted by Crippen LogP contribution is -2.33. The number of carbonyl (C=O) groups excluding carboxylic acids is 1. The molecular weight excluding hydrogens is 206 g/mol. The van der Waals surface area contributed by atoms with Crippen LogP contribution in [0.3, 0.4) is 0 Å². The molecule has 2 N–H and O–H groups in total. The molecule has 0 saturated heterocycles. The van der Waals surface area contributed by atoms with Gasteiger partial charge >= 0.3 is 0 Å². The van der Waals surface area contributed by atoms with Gasteiger partial charge in [-0.05, 0) is 0 Å². The molecule has 16 heavy (non-hydrogen) atoms. The molecule has 0 atom stereocenters. The van der Waals surface area contributed by atoms with E-state index in [9.17, 15) is 4.79 Å². The third-order valence-corrected chi connectivity index (χ3v) is 1.93. The Morgan fingerprint density at radius 3 is 3.12 bits per heavy atom. The largest absolute Gasteiger partial charge is 0.354 e. The zero-order valence-corrected chi connectivity index (χ0v) is 9.23. The third-order valence-electron chi connectivity index (χ3n) is 1.93. The zero-order chi connectivity index (χ0) is 11.8. The summed E-state index contributed by atoms with van der Waals surface area (Å²) in [6.07, 6.45) is 3.98. The fraction of sp³-hybridized carbons (Fsp3) is 0.500. The number of nitrogens with zero attached hydrogens (tertiary/aromatic N) is 3. The van der Waals surface area contributed by atoms with E-state index in [0.29, 0.717) is 19.5 Å². The van der Waals surface area contributed by atoms with Crippen molar-refractivity contribution in [2.45, 2.75) is 13.0 Å². The molecule has 1 aromatic heterocycles. The number of rotatable bonds is 6. The lowest BCUT2D eigenvalue weighted by atomic mass is 10.3. The predicted molar refractivity (Wildman–Crippen MR) is 58.2 cm³/mol. The first-order chi connectivity index (χ1) is 7.72. The number of hydrogen-bond acceptors (Lipinski definition) is 4. The van der Waals surface area contributed by atoms with Gasteiger partial charge in [-0.2, -0.15) is 10.4 Å². The lowest BCUT2D eigenvalue weighted by Gasteiger charge is -2.03. The highest BCUT2D eigenvalue weighted by Crippen LogP contribution is 1.93. The first kappa shape index (κ1) is 12.2. The molecule has 0 aliphatic heterocycles. The lowest BCUT2D eigenvalue weighted by molar-refractivity contribution is -0.120. The molecule has 1 heterocycles.